The standard InChI is InChI=1S/C15H21N3O2/c1-3-18(9-4-10-19)11-14-16-15(20-17-14)13-7-5-12(2)6-8-13/h5-8,19H,3-4,9-11H2,1-2H3. The van der Waals surface area contributed by atoms with Crippen molar-refractivity contribution in [3.8, 4) is 11.5 Å². The average molecular weight is 275 g/mol. The molecule has 1 aromatic carbocycles. The van der Waals surface area contributed by atoms with Crippen LogP contribution in [-0.2, 0) is 6.54 Å². The smallest absolute Gasteiger partial charge is 0.257 e. The molecule has 2 rings (SSSR count). The highest BCUT2D eigenvalue weighted by atomic mass is 16.5. The number of hydrogen-bond donors (Lipinski definition) is 1. The molecule has 1 N–H and O–H groups in total. The van der Waals surface area contributed by atoms with E-state index in [2.05, 4.69) is 22.0 Å². The predicted molar refractivity (Wildman–Crippen MR) is 77.1 cm³/mol. The number of aliphatic hydroxyl groups excluding tert-OH is 1. The van der Waals surface area contributed by atoms with Crippen LogP contribution in [0.1, 0.15) is 24.7 Å². The van der Waals surface area contributed by atoms with E-state index in [1.807, 2.05) is 31.2 Å². The van der Waals surface area contributed by atoms with Crippen molar-refractivity contribution in [1.82, 2.24) is 15.0 Å². The van der Waals surface area contributed by atoms with E-state index < -0.39 is 0 Å². The van der Waals surface area contributed by atoms with Crippen LogP contribution in [0.4, 0.5) is 0 Å². The van der Waals surface area contributed by atoms with Crippen LogP contribution in [0.3, 0.4) is 0 Å². The molecule has 5 heteroatoms. The molecule has 1 aromatic heterocycles. The molecule has 0 bridgehead atoms. The van der Waals surface area contributed by atoms with E-state index in [-0.39, 0.29) is 6.61 Å². The Hall–Kier alpha value is -1.72. The molecule has 0 spiro atoms. The lowest BCUT2D eigenvalue weighted by molar-refractivity contribution is 0.220. The van der Waals surface area contributed by atoms with Crippen LogP contribution in [0.2, 0.25) is 0 Å². The van der Waals surface area contributed by atoms with Crippen molar-refractivity contribution >= 4 is 0 Å². The first-order valence-electron chi connectivity index (χ1n) is 6.95. The largest absolute Gasteiger partial charge is 0.396 e. The third-order valence-corrected chi connectivity index (χ3v) is 3.21. The molecule has 108 valence electrons. The van der Waals surface area contributed by atoms with Crippen LogP contribution in [0.15, 0.2) is 28.8 Å². The molecule has 2 aromatic rings. The normalized spacial score (nSPS) is 11.2. The van der Waals surface area contributed by atoms with Crippen LogP contribution in [0.25, 0.3) is 11.5 Å². The van der Waals surface area contributed by atoms with Crippen LogP contribution in [-0.4, -0.2) is 39.8 Å². The van der Waals surface area contributed by atoms with Crippen molar-refractivity contribution in [3.05, 3.63) is 35.7 Å². The Morgan fingerprint density at radius 1 is 1.25 bits per heavy atom. The maximum atomic E-state index is 8.88. The second-order valence-corrected chi connectivity index (χ2v) is 4.83. The Morgan fingerprint density at radius 2 is 2.00 bits per heavy atom. The van der Waals surface area contributed by atoms with Crippen LogP contribution in [0, 0.1) is 6.92 Å². The van der Waals surface area contributed by atoms with Gasteiger partial charge in [0.2, 0.25) is 0 Å². The number of aromatic nitrogens is 2. The van der Waals surface area contributed by atoms with Gasteiger partial charge in [0.05, 0.1) is 6.54 Å². The Bertz CT molecular complexity index is 522. The Kier molecular flexibility index (Phi) is 5.26. The number of aliphatic hydroxyl groups is 1. The third-order valence-electron chi connectivity index (χ3n) is 3.21. The van der Waals surface area contributed by atoms with Crippen molar-refractivity contribution < 1.29 is 9.63 Å². The van der Waals surface area contributed by atoms with Gasteiger partial charge in [-0.1, -0.05) is 29.8 Å². The van der Waals surface area contributed by atoms with Crippen molar-refractivity contribution in [2.24, 2.45) is 0 Å². The molecule has 0 saturated carbocycles. The molecule has 5 nitrogen and oxygen atoms in total. The molecule has 0 amide bonds. The van der Waals surface area contributed by atoms with Gasteiger partial charge in [0.1, 0.15) is 0 Å². The van der Waals surface area contributed by atoms with Gasteiger partial charge < -0.3 is 9.63 Å². The van der Waals surface area contributed by atoms with Gasteiger partial charge in [-0.15, -0.1) is 0 Å². The monoisotopic (exact) mass is 275 g/mol. The molecule has 0 fully saturated rings. The summed E-state index contributed by atoms with van der Waals surface area (Å²) >= 11 is 0. The lowest BCUT2D eigenvalue weighted by Gasteiger charge is -2.17. The van der Waals surface area contributed by atoms with Crippen LogP contribution >= 0.6 is 0 Å². The van der Waals surface area contributed by atoms with Crippen LogP contribution < -0.4 is 0 Å². The molecule has 0 atom stereocenters. The lowest BCUT2D eigenvalue weighted by Crippen LogP contribution is -2.25. The maximum absolute atomic E-state index is 8.88. The van der Waals surface area contributed by atoms with Crippen molar-refractivity contribution in [1.29, 1.82) is 0 Å². The number of rotatable bonds is 7. The SMILES string of the molecule is CCN(CCCO)Cc1noc(-c2ccc(C)cc2)n1. The molecule has 0 unspecified atom stereocenters. The molecule has 0 saturated heterocycles. The molecule has 0 aliphatic heterocycles. The summed E-state index contributed by atoms with van der Waals surface area (Å²) in [7, 11) is 0. The minimum Gasteiger partial charge on any atom is -0.396 e. The topological polar surface area (TPSA) is 62.4 Å². The number of nitrogens with zero attached hydrogens (tertiary/aromatic N) is 3. The van der Waals surface area contributed by atoms with Crippen molar-refractivity contribution in [2.75, 3.05) is 19.7 Å². The van der Waals surface area contributed by atoms with E-state index in [9.17, 15) is 0 Å². The van der Waals surface area contributed by atoms with Gasteiger partial charge in [-0.25, -0.2) is 0 Å². The number of benzene rings is 1. The van der Waals surface area contributed by atoms with E-state index in [4.69, 9.17) is 9.63 Å². The quantitative estimate of drug-likeness (QED) is 0.839. The predicted octanol–water partition coefficient (Wildman–Crippen LogP) is 2.25. The average Bonchev–Trinajstić information content (AvgIpc) is 2.92. The fourth-order valence-corrected chi connectivity index (χ4v) is 1.97. The van der Waals surface area contributed by atoms with Crippen molar-refractivity contribution in [2.45, 2.75) is 26.8 Å². The van der Waals surface area contributed by atoms with Gasteiger partial charge in [0.15, 0.2) is 5.82 Å². The third kappa shape index (κ3) is 3.88. The highest BCUT2D eigenvalue weighted by Gasteiger charge is 2.11. The second-order valence-electron chi connectivity index (χ2n) is 4.83. The summed E-state index contributed by atoms with van der Waals surface area (Å²) in [5, 5.41) is 12.9. The molecule has 0 radical (unpaired) electrons. The first-order valence-corrected chi connectivity index (χ1v) is 6.95. The summed E-state index contributed by atoms with van der Waals surface area (Å²) in [4.78, 5) is 6.60. The Labute approximate surface area is 119 Å². The van der Waals surface area contributed by atoms with Gasteiger partial charge >= 0.3 is 0 Å². The van der Waals surface area contributed by atoms with E-state index in [1.54, 1.807) is 0 Å². The summed E-state index contributed by atoms with van der Waals surface area (Å²) < 4.78 is 5.30. The van der Waals surface area contributed by atoms with Gasteiger partial charge in [0, 0.05) is 18.7 Å². The first-order chi connectivity index (χ1) is 9.72. The van der Waals surface area contributed by atoms with E-state index >= 15 is 0 Å². The van der Waals surface area contributed by atoms with Gasteiger partial charge in [-0.05, 0) is 32.0 Å². The summed E-state index contributed by atoms with van der Waals surface area (Å²) in [5.74, 6) is 1.23. The molecular formula is C15H21N3O2. The second kappa shape index (κ2) is 7.17. The fourth-order valence-electron chi connectivity index (χ4n) is 1.97. The van der Waals surface area contributed by atoms with Gasteiger partial charge in [-0.3, -0.25) is 4.90 Å². The zero-order chi connectivity index (χ0) is 14.4. The fraction of sp³-hybridized carbons (Fsp3) is 0.467. The zero-order valence-corrected chi connectivity index (χ0v) is 12.0. The van der Waals surface area contributed by atoms with Gasteiger partial charge in [0.25, 0.3) is 5.89 Å². The molecular weight excluding hydrogens is 254 g/mol. The van der Waals surface area contributed by atoms with E-state index in [0.29, 0.717) is 18.3 Å². The van der Waals surface area contributed by atoms with E-state index in [1.165, 1.54) is 5.56 Å². The highest BCUT2D eigenvalue weighted by Crippen LogP contribution is 2.17. The summed E-state index contributed by atoms with van der Waals surface area (Å²) in [6, 6.07) is 8.02. The molecule has 0 aliphatic carbocycles. The number of aryl methyl sites for hydroxylation is 1. The summed E-state index contributed by atoms with van der Waals surface area (Å²) in [5.41, 5.74) is 2.14. The zero-order valence-electron chi connectivity index (χ0n) is 12.0. The molecule has 0 aliphatic rings. The van der Waals surface area contributed by atoms with Crippen molar-refractivity contribution in [3.63, 3.8) is 0 Å². The minimum atomic E-state index is 0.206. The van der Waals surface area contributed by atoms with E-state index in [0.717, 1.165) is 25.1 Å². The number of hydrogen-bond acceptors (Lipinski definition) is 5. The van der Waals surface area contributed by atoms with Gasteiger partial charge in [-0.2, -0.15) is 4.98 Å². The summed E-state index contributed by atoms with van der Waals surface area (Å²) in [6.07, 6.45) is 0.760. The first kappa shape index (κ1) is 14.7. The lowest BCUT2D eigenvalue weighted by atomic mass is 10.1. The molecule has 1 heterocycles. The molecule has 20 heavy (non-hydrogen) atoms. The summed E-state index contributed by atoms with van der Waals surface area (Å²) in [6.45, 7) is 6.71. The minimum absolute atomic E-state index is 0.206. The Morgan fingerprint density at radius 3 is 2.65 bits per heavy atom. The Balaban J connectivity index is 2.02. The highest BCUT2D eigenvalue weighted by molar-refractivity contribution is 5.53. The maximum Gasteiger partial charge on any atom is 0.257 e. The van der Waals surface area contributed by atoms with Crippen LogP contribution in [0.5, 0.6) is 0 Å².